The number of rotatable bonds is 12. The van der Waals surface area contributed by atoms with Crippen molar-refractivity contribution >= 4 is 8.60 Å². The van der Waals surface area contributed by atoms with E-state index < -0.39 is 8.60 Å². The molecular formula is C29H32FO5P. The highest BCUT2D eigenvalue weighted by molar-refractivity contribution is 7.41. The number of hydrogen-bond donors (Lipinski definition) is 0. The Balaban J connectivity index is 1.29. The fourth-order valence-electron chi connectivity index (χ4n) is 4.53. The largest absolute Gasteiger partial charge is 0.489 e. The summed E-state index contributed by atoms with van der Waals surface area (Å²) in [4.78, 5) is 0. The molecule has 2 aliphatic rings. The zero-order chi connectivity index (χ0) is 24.9. The van der Waals surface area contributed by atoms with E-state index in [0.29, 0.717) is 37.2 Å². The van der Waals surface area contributed by atoms with Crippen molar-refractivity contribution in [2.24, 2.45) is 5.92 Å². The molecule has 2 unspecified atom stereocenters. The summed E-state index contributed by atoms with van der Waals surface area (Å²) in [5.41, 5.74) is 3.73. The Morgan fingerprint density at radius 1 is 0.944 bits per heavy atom. The Labute approximate surface area is 213 Å². The topological polar surface area (TPSA) is 46.2 Å². The number of halogens is 1. The van der Waals surface area contributed by atoms with Crippen LogP contribution in [0.3, 0.4) is 0 Å². The number of ether oxygens (including phenoxy) is 2. The Bertz CT molecular complexity index is 1100. The quantitative estimate of drug-likeness (QED) is 0.183. The van der Waals surface area contributed by atoms with Crippen LogP contribution in [0.15, 0.2) is 66.7 Å². The van der Waals surface area contributed by atoms with E-state index in [9.17, 15) is 4.39 Å². The van der Waals surface area contributed by atoms with E-state index in [1.54, 1.807) is 6.07 Å². The SMILES string of the molecule is CC1COc2c(F)cc(C(C)C3CC3)c(OCOP(OCc3ccccc3)OCc3ccccc3)c21. The lowest BCUT2D eigenvalue weighted by molar-refractivity contribution is 0.0714. The molecule has 3 aromatic rings. The summed E-state index contributed by atoms with van der Waals surface area (Å²) in [5, 5.41) is 0. The molecule has 0 N–H and O–H groups in total. The molecule has 0 radical (unpaired) electrons. The van der Waals surface area contributed by atoms with Crippen LogP contribution in [0.2, 0.25) is 0 Å². The molecule has 1 aliphatic carbocycles. The fourth-order valence-corrected chi connectivity index (χ4v) is 5.40. The lowest BCUT2D eigenvalue weighted by Crippen LogP contribution is -2.10. The molecule has 2 atom stereocenters. The molecule has 1 fully saturated rings. The first-order valence-electron chi connectivity index (χ1n) is 12.5. The molecule has 0 aromatic heterocycles. The summed E-state index contributed by atoms with van der Waals surface area (Å²) >= 11 is 0. The molecule has 1 saturated carbocycles. The van der Waals surface area contributed by atoms with Gasteiger partial charge < -0.3 is 18.5 Å². The Morgan fingerprint density at radius 3 is 2.14 bits per heavy atom. The number of fused-ring (bicyclic) bond motifs is 1. The Morgan fingerprint density at radius 2 is 1.56 bits per heavy atom. The van der Waals surface area contributed by atoms with Gasteiger partial charge in [-0.15, -0.1) is 0 Å². The molecule has 7 heteroatoms. The van der Waals surface area contributed by atoms with Crippen LogP contribution in [0.5, 0.6) is 11.5 Å². The second-order valence-electron chi connectivity index (χ2n) is 9.49. The summed E-state index contributed by atoms with van der Waals surface area (Å²) in [5.74, 6) is 1.47. The van der Waals surface area contributed by atoms with Gasteiger partial charge in [-0.1, -0.05) is 74.5 Å². The average Bonchev–Trinajstić information content (AvgIpc) is 3.69. The third-order valence-corrected chi connectivity index (χ3v) is 7.76. The van der Waals surface area contributed by atoms with Crippen molar-refractivity contribution in [3.8, 4) is 11.5 Å². The van der Waals surface area contributed by atoms with Crippen LogP contribution >= 0.6 is 8.60 Å². The smallest absolute Gasteiger partial charge is 0.336 e. The zero-order valence-electron chi connectivity index (χ0n) is 20.7. The van der Waals surface area contributed by atoms with Crippen molar-refractivity contribution in [2.75, 3.05) is 13.4 Å². The van der Waals surface area contributed by atoms with Gasteiger partial charge in [0.15, 0.2) is 18.4 Å². The van der Waals surface area contributed by atoms with Gasteiger partial charge in [-0.05, 0) is 41.9 Å². The Kier molecular flexibility index (Phi) is 8.18. The van der Waals surface area contributed by atoms with Crippen LogP contribution in [-0.2, 0) is 26.8 Å². The molecule has 0 spiro atoms. The minimum Gasteiger partial charge on any atom is -0.489 e. The molecule has 0 amide bonds. The maximum Gasteiger partial charge on any atom is 0.336 e. The van der Waals surface area contributed by atoms with Gasteiger partial charge in [-0.25, -0.2) is 4.39 Å². The number of benzene rings is 3. The highest BCUT2D eigenvalue weighted by Gasteiger charge is 2.36. The lowest BCUT2D eigenvalue weighted by atomic mass is 9.90. The van der Waals surface area contributed by atoms with Crippen LogP contribution in [0, 0.1) is 11.7 Å². The van der Waals surface area contributed by atoms with E-state index in [1.165, 1.54) is 0 Å². The maximum absolute atomic E-state index is 14.9. The van der Waals surface area contributed by atoms with Gasteiger partial charge in [0.05, 0.1) is 19.8 Å². The predicted octanol–water partition coefficient (Wildman–Crippen LogP) is 7.85. The molecule has 1 aliphatic heterocycles. The van der Waals surface area contributed by atoms with E-state index >= 15 is 0 Å². The van der Waals surface area contributed by atoms with Crippen LogP contribution in [0.1, 0.15) is 60.8 Å². The minimum absolute atomic E-state index is 0.0426. The fraction of sp³-hybridized carbons (Fsp3) is 0.379. The lowest BCUT2D eigenvalue weighted by Gasteiger charge is -2.22. The molecule has 5 rings (SSSR count). The number of hydrogen-bond acceptors (Lipinski definition) is 5. The molecule has 3 aromatic carbocycles. The molecular weight excluding hydrogens is 478 g/mol. The normalized spacial score (nSPS) is 17.6. The first kappa shape index (κ1) is 25.2. The van der Waals surface area contributed by atoms with Crippen molar-refractivity contribution in [2.45, 2.75) is 51.7 Å². The van der Waals surface area contributed by atoms with Gasteiger partial charge in [0.1, 0.15) is 5.75 Å². The van der Waals surface area contributed by atoms with Crippen LogP contribution < -0.4 is 9.47 Å². The van der Waals surface area contributed by atoms with Crippen LogP contribution in [-0.4, -0.2) is 13.4 Å². The summed E-state index contributed by atoms with van der Waals surface area (Å²) in [6.45, 7) is 5.28. The van der Waals surface area contributed by atoms with Gasteiger partial charge >= 0.3 is 8.60 Å². The molecule has 190 valence electrons. The monoisotopic (exact) mass is 510 g/mol. The summed E-state index contributed by atoms with van der Waals surface area (Å²) in [6.07, 6.45) is 2.32. The van der Waals surface area contributed by atoms with Gasteiger partial charge in [0.2, 0.25) is 0 Å². The van der Waals surface area contributed by atoms with E-state index in [2.05, 4.69) is 6.92 Å². The summed E-state index contributed by atoms with van der Waals surface area (Å²) in [6, 6.07) is 21.4. The molecule has 0 saturated heterocycles. The minimum atomic E-state index is -1.68. The van der Waals surface area contributed by atoms with E-state index in [1.807, 2.05) is 67.6 Å². The van der Waals surface area contributed by atoms with E-state index in [0.717, 1.165) is 35.1 Å². The summed E-state index contributed by atoms with van der Waals surface area (Å²) in [7, 11) is -1.68. The zero-order valence-corrected chi connectivity index (χ0v) is 21.6. The van der Waals surface area contributed by atoms with Crippen molar-refractivity contribution in [1.29, 1.82) is 0 Å². The van der Waals surface area contributed by atoms with E-state index in [-0.39, 0.29) is 24.4 Å². The first-order valence-corrected chi connectivity index (χ1v) is 13.6. The highest BCUT2D eigenvalue weighted by atomic mass is 31.2. The molecule has 0 bridgehead atoms. The van der Waals surface area contributed by atoms with Crippen molar-refractivity contribution < 1.29 is 27.4 Å². The molecule has 1 heterocycles. The third-order valence-electron chi connectivity index (χ3n) is 6.76. The van der Waals surface area contributed by atoms with Crippen LogP contribution in [0.25, 0.3) is 0 Å². The van der Waals surface area contributed by atoms with Gasteiger partial charge in [-0.3, -0.25) is 4.52 Å². The first-order chi connectivity index (χ1) is 17.6. The average molecular weight is 511 g/mol. The third kappa shape index (κ3) is 6.07. The maximum atomic E-state index is 14.9. The van der Waals surface area contributed by atoms with E-state index in [4.69, 9.17) is 23.0 Å². The molecule has 36 heavy (non-hydrogen) atoms. The Hall–Kier alpha value is -2.50. The van der Waals surface area contributed by atoms with Gasteiger partial charge in [0, 0.05) is 17.0 Å². The van der Waals surface area contributed by atoms with Gasteiger partial charge in [0.25, 0.3) is 0 Å². The second kappa shape index (κ2) is 11.7. The second-order valence-corrected chi connectivity index (χ2v) is 10.7. The van der Waals surface area contributed by atoms with Crippen molar-refractivity contribution in [3.05, 3.63) is 94.8 Å². The van der Waals surface area contributed by atoms with Crippen molar-refractivity contribution in [3.63, 3.8) is 0 Å². The molecule has 5 nitrogen and oxygen atoms in total. The predicted molar refractivity (Wildman–Crippen MR) is 137 cm³/mol. The summed E-state index contributed by atoms with van der Waals surface area (Å²) < 4.78 is 44.7. The standard InChI is InChI=1S/C29H32FO5P/c1-20-16-31-29-26(30)15-25(21(2)24-13-14-24)28(27(20)29)32-19-35-36(33-17-22-9-5-3-6-10-22)34-18-23-11-7-4-8-12-23/h3-12,15,20-21,24H,13-14,16-19H2,1-2H3. The highest BCUT2D eigenvalue weighted by Crippen LogP contribution is 2.51. The van der Waals surface area contributed by atoms with Crippen LogP contribution in [0.4, 0.5) is 4.39 Å². The van der Waals surface area contributed by atoms with Gasteiger partial charge in [-0.2, -0.15) is 0 Å². The van der Waals surface area contributed by atoms with Crippen molar-refractivity contribution in [1.82, 2.24) is 0 Å².